The first-order chi connectivity index (χ1) is 10.5. The van der Waals surface area contributed by atoms with Crippen molar-refractivity contribution in [2.75, 3.05) is 33.3 Å². The van der Waals surface area contributed by atoms with Gasteiger partial charge in [-0.15, -0.1) is 0 Å². The van der Waals surface area contributed by atoms with Crippen molar-refractivity contribution in [3.63, 3.8) is 0 Å². The zero-order valence-electron chi connectivity index (χ0n) is 13.5. The Bertz CT molecular complexity index is 396. The van der Waals surface area contributed by atoms with E-state index in [-0.39, 0.29) is 19.0 Å². The minimum absolute atomic E-state index is 0.00865. The van der Waals surface area contributed by atoms with Crippen molar-refractivity contribution in [2.45, 2.75) is 50.5 Å². The highest BCUT2D eigenvalue weighted by atomic mass is 16.5. The normalized spacial score (nSPS) is 27.0. The van der Waals surface area contributed by atoms with E-state index >= 15 is 0 Å². The zero-order chi connectivity index (χ0) is 16.0. The Morgan fingerprint density at radius 1 is 1.36 bits per heavy atom. The highest BCUT2D eigenvalue weighted by Gasteiger charge is 2.42. The lowest BCUT2D eigenvalue weighted by Gasteiger charge is -2.40. The number of esters is 1. The molecule has 1 aliphatic heterocycles. The number of methoxy groups -OCH3 is 1. The van der Waals surface area contributed by atoms with Crippen molar-refractivity contribution in [1.29, 1.82) is 0 Å². The molecule has 126 valence electrons. The summed E-state index contributed by atoms with van der Waals surface area (Å²) < 4.78 is 4.54. The van der Waals surface area contributed by atoms with Crippen LogP contribution in [0.25, 0.3) is 0 Å². The second kappa shape index (κ2) is 7.92. The van der Waals surface area contributed by atoms with Gasteiger partial charge in [-0.1, -0.05) is 19.3 Å². The van der Waals surface area contributed by atoms with Crippen molar-refractivity contribution < 1.29 is 19.4 Å². The Morgan fingerprint density at radius 3 is 2.77 bits per heavy atom. The number of piperidine rings is 1. The average Bonchev–Trinajstić information content (AvgIpc) is 2.53. The van der Waals surface area contributed by atoms with Gasteiger partial charge in [0.2, 0.25) is 0 Å². The molecule has 0 radical (unpaired) electrons. The molecule has 0 spiro atoms. The summed E-state index contributed by atoms with van der Waals surface area (Å²) in [6.07, 6.45) is 7.41. The van der Waals surface area contributed by atoms with Crippen LogP contribution >= 0.6 is 0 Å². The van der Waals surface area contributed by atoms with E-state index in [1.54, 1.807) is 0 Å². The van der Waals surface area contributed by atoms with Crippen LogP contribution in [0.1, 0.15) is 44.9 Å². The smallest absolute Gasteiger partial charge is 0.319 e. The van der Waals surface area contributed by atoms with Crippen LogP contribution in [-0.2, 0) is 14.3 Å². The van der Waals surface area contributed by atoms with Gasteiger partial charge in [-0.05, 0) is 31.6 Å². The highest BCUT2D eigenvalue weighted by Crippen LogP contribution is 2.28. The lowest BCUT2D eigenvalue weighted by atomic mass is 9.86. The van der Waals surface area contributed by atoms with Crippen molar-refractivity contribution >= 4 is 11.9 Å². The maximum atomic E-state index is 12.6. The predicted molar refractivity (Wildman–Crippen MR) is 82.2 cm³/mol. The number of carbonyl (C=O) groups is 2. The summed E-state index contributed by atoms with van der Waals surface area (Å²) in [5, 5.41) is 13.4. The van der Waals surface area contributed by atoms with Crippen LogP contribution in [0.2, 0.25) is 0 Å². The summed E-state index contributed by atoms with van der Waals surface area (Å²) in [6, 6.07) is 0. The third-order valence-corrected chi connectivity index (χ3v) is 4.82. The first-order valence-corrected chi connectivity index (χ1v) is 8.34. The molecule has 2 aliphatic rings. The number of carbonyl (C=O) groups excluding carboxylic acids is 2. The number of rotatable bonds is 6. The third-order valence-electron chi connectivity index (χ3n) is 4.82. The zero-order valence-corrected chi connectivity index (χ0v) is 13.5. The Labute approximate surface area is 132 Å². The molecule has 2 fully saturated rings. The third kappa shape index (κ3) is 4.43. The molecule has 1 amide bonds. The molecule has 1 saturated heterocycles. The van der Waals surface area contributed by atoms with E-state index in [4.69, 9.17) is 0 Å². The first-order valence-electron chi connectivity index (χ1n) is 8.34. The molecule has 2 rings (SSSR count). The molecule has 1 atom stereocenters. The molecule has 2 N–H and O–H groups in total. The van der Waals surface area contributed by atoms with Crippen LogP contribution in [0, 0.1) is 5.92 Å². The summed E-state index contributed by atoms with van der Waals surface area (Å²) in [4.78, 5) is 25.5. The molecular formula is C16H28N2O4. The Hall–Kier alpha value is -1.14. The van der Waals surface area contributed by atoms with E-state index in [0.29, 0.717) is 12.3 Å². The van der Waals surface area contributed by atoms with Crippen molar-refractivity contribution in [3.8, 4) is 0 Å². The number of hydrogen-bond donors (Lipinski definition) is 2. The summed E-state index contributed by atoms with van der Waals surface area (Å²) in [5.41, 5.74) is -1.39. The maximum Gasteiger partial charge on any atom is 0.319 e. The van der Waals surface area contributed by atoms with Gasteiger partial charge >= 0.3 is 5.97 Å². The van der Waals surface area contributed by atoms with Gasteiger partial charge in [0.15, 0.2) is 5.60 Å². The van der Waals surface area contributed by atoms with Gasteiger partial charge in [0.25, 0.3) is 5.91 Å². The van der Waals surface area contributed by atoms with Crippen molar-refractivity contribution in [3.05, 3.63) is 0 Å². The first kappa shape index (κ1) is 17.2. The number of amides is 1. The van der Waals surface area contributed by atoms with Crippen molar-refractivity contribution in [1.82, 2.24) is 10.2 Å². The largest absolute Gasteiger partial charge is 0.468 e. The number of ether oxygens (including phenoxy) is 1. The number of likely N-dealkylation sites (tertiary alicyclic amines) is 1. The lowest BCUT2D eigenvalue weighted by Crippen LogP contribution is -2.59. The van der Waals surface area contributed by atoms with Gasteiger partial charge in [-0.3, -0.25) is 9.59 Å². The van der Waals surface area contributed by atoms with Crippen LogP contribution in [-0.4, -0.2) is 60.8 Å². The van der Waals surface area contributed by atoms with Gasteiger partial charge in [0.1, 0.15) is 0 Å². The van der Waals surface area contributed by atoms with E-state index in [1.807, 2.05) is 4.90 Å². The molecule has 0 aromatic rings. The molecule has 0 bridgehead atoms. The van der Waals surface area contributed by atoms with E-state index in [0.717, 1.165) is 19.5 Å². The summed E-state index contributed by atoms with van der Waals surface area (Å²) >= 11 is 0. The van der Waals surface area contributed by atoms with Gasteiger partial charge in [-0.2, -0.15) is 0 Å². The maximum absolute atomic E-state index is 12.6. The molecule has 6 heteroatoms. The molecule has 1 heterocycles. The second-order valence-electron chi connectivity index (χ2n) is 6.57. The van der Waals surface area contributed by atoms with E-state index in [9.17, 15) is 14.7 Å². The van der Waals surface area contributed by atoms with Crippen LogP contribution in [0.5, 0.6) is 0 Å². The summed E-state index contributed by atoms with van der Waals surface area (Å²) in [7, 11) is 1.32. The lowest BCUT2D eigenvalue weighted by molar-refractivity contribution is -0.158. The van der Waals surface area contributed by atoms with Crippen molar-refractivity contribution in [2.24, 2.45) is 5.92 Å². The van der Waals surface area contributed by atoms with E-state index in [2.05, 4.69) is 10.1 Å². The molecule has 22 heavy (non-hydrogen) atoms. The van der Waals surface area contributed by atoms with Gasteiger partial charge < -0.3 is 20.1 Å². The standard InChI is InChI=1S/C16H28N2O4/c1-22-14(19)10-17-12-16(21)8-5-9-18(15(16)20)11-13-6-3-2-4-7-13/h13,17,21H,2-12H2,1H3/t16-/m1/s1. The Kier molecular flexibility index (Phi) is 6.20. The fourth-order valence-corrected chi connectivity index (χ4v) is 3.53. The van der Waals surface area contributed by atoms with Crippen LogP contribution in [0.3, 0.4) is 0 Å². The number of nitrogens with one attached hydrogen (secondary N) is 1. The Morgan fingerprint density at radius 2 is 2.09 bits per heavy atom. The molecule has 1 aliphatic carbocycles. The fraction of sp³-hybridized carbons (Fsp3) is 0.875. The minimum Gasteiger partial charge on any atom is -0.468 e. The number of hydrogen-bond acceptors (Lipinski definition) is 5. The van der Waals surface area contributed by atoms with Crippen LogP contribution < -0.4 is 5.32 Å². The topological polar surface area (TPSA) is 78.9 Å². The molecule has 0 aromatic heterocycles. The van der Waals surface area contributed by atoms with E-state index in [1.165, 1.54) is 39.2 Å². The second-order valence-corrected chi connectivity index (χ2v) is 6.57. The van der Waals surface area contributed by atoms with Crippen LogP contribution in [0.15, 0.2) is 0 Å². The molecule has 1 saturated carbocycles. The van der Waals surface area contributed by atoms with Crippen LogP contribution in [0.4, 0.5) is 0 Å². The van der Waals surface area contributed by atoms with E-state index < -0.39 is 11.6 Å². The molecule has 6 nitrogen and oxygen atoms in total. The predicted octanol–water partition coefficient (Wildman–Crippen LogP) is 0.683. The quantitative estimate of drug-likeness (QED) is 0.705. The SMILES string of the molecule is COC(=O)CNC[C@]1(O)CCCN(CC2CCCCC2)C1=O. The number of nitrogens with zero attached hydrogens (tertiary/aromatic N) is 1. The summed E-state index contributed by atoms with van der Waals surface area (Å²) in [5.74, 6) is -0.0179. The van der Waals surface area contributed by atoms with Gasteiger partial charge in [-0.25, -0.2) is 0 Å². The molecule has 0 aromatic carbocycles. The average molecular weight is 312 g/mol. The van der Waals surface area contributed by atoms with Gasteiger partial charge in [0.05, 0.1) is 13.7 Å². The Balaban J connectivity index is 1.86. The number of aliphatic hydroxyl groups is 1. The van der Waals surface area contributed by atoms with Gasteiger partial charge in [0, 0.05) is 19.6 Å². The fourth-order valence-electron chi connectivity index (χ4n) is 3.53. The monoisotopic (exact) mass is 312 g/mol. The summed E-state index contributed by atoms with van der Waals surface area (Å²) in [6.45, 7) is 1.60. The highest BCUT2D eigenvalue weighted by molar-refractivity contribution is 5.86. The molecule has 0 unspecified atom stereocenters. The minimum atomic E-state index is -1.39. The molecular weight excluding hydrogens is 284 g/mol.